The number of carbonyl (C=O) groups is 2. The molecule has 1 aromatic carbocycles. The number of rotatable bonds is 10. The molecule has 0 amide bonds. The van der Waals surface area contributed by atoms with Crippen LogP contribution in [0.5, 0.6) is 0 Å². The number of hydrogen-bond acceptors (Lipinski definition) is 4. The predicted octanol–water partition coefficient (Wildman–Crippen LogP) is 7.84. The molecule has 0 unspecified atom stereocenters. The molecule has 0 saturated carbocycles. The van der Waals surface area contributed by atoms with Crippen LogP contribution in [0.2, 0.25) is 0 Å². The van der Waals surface area contributed by atoms with E-state index in [-0.39, 0.29) is 23.0 Å². The first kappa shape index (κ1) is 31.2. The Bertz CT molecular complexity index is 693. The Morgan fingerprint density at radius 1 is 0.727 bits per heavy atom. The van der Waals surface area contributed by atoms with Gasteiger partial charge in [0.2, 0.25) is 0 Å². The van der Waals surface area contributed by atoms with E-state index in [0.29, 0.717) is 24.4 Å². The van der Waals surface area contributed by atoms with E-state index < -0.39 is 5.41 Å². The second-order valence-corrected chi connectivity index (χ2v) is 11.2. The number of esters is 2. The first-order chi connectivity index (χ1) is 15.1. The Morgan fingerprint density at radius 3 is 1.48 bits per heavy atom. The van der Waals surface area contributed by atoms with Gasteiger partial charge in [0.05, 0.1) is 10.8 Å². The van der Waals surface area contributed by atoms with Crippen molar-refractivity contribution in [1.82, 2.24) is 0 Å². The molecular weight excluding hydrogens is 412 g/mol. The molecule has 0 N–H and O–H groups in total. The standard InChI is InChI=1S/C16H32O2.C13H18O2/c1-10-15(8,9)14(17)18-16(11(2)3,12(4)5)13(6)7;1-4-13(2,3)12(14)15-10-11-8-6-5-7-9-11/h11-13H,10H2,1-9H3;5-9H,4,10H2,1-3H3. The monoisotopic (exact) mass is 462 g/mol. The molecule has 0 heterocycles. The molecule has 0 spiro atoms. The minimum Gasteiger partial charge on any atom is -0.460 e. The highest BCUT2D eigenvalue weighted by molar-refractivity contribution is 5.76. The van der Waals surface area contributed by atoms with Crippen LogP contribution < -0.4 is 0 Å². The van der Waals surface area contributed by atoms with Crippen LogP contribution in [0.1, 0.15) is 101 Å². The highest BCUT2D eigenvalue weighted by Gasteiger charge is 2.46. The van der Waals surface area contributed by atoms with Crippen LogP contribution in [-0.2, 0) is 25.7 Å². The average molecular weight is 463 g/mol. The van der Waals surface area contributed by atoms with Gasteiger partial charge in [-0.2, -0.15) is 0 Å². The van der Waals surface area contributed by atoms with Crippen LogP contribution in [0.4, 0.5) is 0 Å². The molecule has 0 fully saturated rings. The summed E-state index contributed by atoms with van der Waals surface area (Å²) in [6.45, 7) is 25.0. The van der Waals surface area contributed by atoms with Gasteiger partial charge < -0.3 is 9.47 Å². The molecule has 1 rings (SSSR count). The summed E-state index contributed by atoms with van der Waals surface area (Å²) < 4.78 is 11.3. The highest BCUT2D eigenvalue weighted by atomic mass is 16.6. The van der Waals surface area contributed by atoms with Crippen molar-refractivity contribution in [2.75, 3.05) is 0 Å². The number of ether oxygens (including phenoxy) is 2. The molecule has 0 aliphatic heterocycles. The third kappa shape index (κ3) is 8.79. The van der Waals surface area contributed by atoms with Gasteiger partial charge in [0.25, 0.3) is 0 Å². The molecule has 4 heteroatoms. The second-order valence-electron chi connectivity index (χ2n) is 11.2. The third-order valence-electron chi connectivity index (χ3n) is 7.06. The molecular formula is C29H50O4. The van der Waals surface area contributed by atoms with Crippen molar-refractivity contribution in [1.29, 1.82) is 0 Å². The molecule has 33 heavy (non-hydrogen) atoms. The van der Waals surface area contributed by atoms with Crippen LogP contribution in [0, 0.1) is 28.6 Å². The maximum Gasteiger partial charge on any atom is 0.312 e. The Balaban J connectivity index is 0.000000629. The summed E-state index contributed by atoms with van der Waals surface area (Å²) in [7, 11) is 0. The lowest BCUT2D eigenvalue weighted by Gasteiger charge is -2.45. The Morgan fingerprint density at radius 2 is 1.12 bits per heavy atom. The van der Waals surface area contributed by atoms with Crippen molar-refractivity contribution in [3.05, 3.63) is 35.9 Å². The van der Waals surface area contributed by atoms with Crippen molar-refractivity contribution >= 4 is 11.9 Å². The van der Waals surface area contributed by atoms with Crippen LogP contribution in [0.15, 0.2) is 30.3 Å². The quantitative estimate of drug-likeness (QED) is 0.332. The van der Waals surface area contributed by atoms with Gasteiger partial charge >= 0.3 is 11.9 Å². The molecule has 1 aromatic rings. The summed E-state index contributed by atoms with van der Waals surface area (Å²) >= 11 is 0. The van der Waals surface area contributed by atoms with Gasteiger partial charge in [-0.15, -0.1) is 0 Å². The van der Waals surface area contributed by atoms with E-state index in [4.69, 9.17) is 9.47 Å². The fourth-order valence-electron chi connectivity index (χ4n) is 3.86. The fourth-order valence-corrected chi connectivity index (χ4v) is 3.86. The van der Waals surface area contributed by atoms with Crippen LogP contribution in [-0.4, -0.2) is 17.5 Å². The van der Waals surface area contributed by atoms with Crippen molar-refractivity contribution in [2.24, 2.45) is 28.6 Å². The molecule has 190 valence electrons. The van der Waals surface area contributed by atoms with Crippen LogP contribution in [0.25, 0.3) is 0 Å². The first-order valence-corrected chi connectivity index (χ1v) is 12.5. The highest BCUT2D eigenvalue weighted by Crippen LogP contribution is 2.39. The smallest absolute Gasteiger partial charge is 0.312 e. The summed E-state index contributed by atoms with van der Waals surface area (Å²) in [5, 5.41) is 0. The van der Waals surface area contributed by atoms with E-state index in [1.165, 1.54) is 0 Å². The van der Waals surface area contributed by atoms with Crippen molar-refractivity contribution < 1.29 is 19.1 Å². The van der Waals surface area contributed by atoms with Crippen molar-refractivity contribution in [2.45, 2.75) is 108 Å². The zero-order valence-corrected chi connectivity index (χ0v) is 23.4. The molecule has 0 aromatic heterocycles. The predicted molar refractivity (Wildman–Crippen MR) is 138 cm³/mol. The average Bonchev–Trinajstić information content (AvgIpc) is 2.75. The Labute approximate surface area is 203 Å². The van der Waals surface area contributed by atoms with Gasteiger partial charge in [-0.25, -0.2) is 0 Å². The van der Waals surface area contributed by atoms with E-state index in [1.54, 1.807) is 0 Å². The molecule has 0 aliphatic carbocycles. The van der Waals surface area contributed by atoms with Gasteiger partial charge in [0.15, 0.2) is 0 Å². The summed E-state index contributed by atoms with van der Waals surface area (Å²) in [5.74, 6) is 0.743. The molecule has 4 nitrogen and oxygen atoms in total. The Hall–Kier alpha value is -1.84. The van der Waals surface area contributed by atoms with E-state index >= 15 is 0 Å². The van der Waals surface area contributed by atoms with Gasteiger partial charge in [-0.05, 0) is 63.9 Å². The molecule has 0 bridgehead atoms. The lowest BCUT2D eigenvalue weighted by atomic mass is 9.72. The molecule has 0 atom stereocenters. The second kappa shape index (κ2) is 13.2. The molecule has 0 radical (unpaired) electrons. The van der Waals surface area contributed by atoms with Crippen molar-refractivity contribution in [3.63, 3.8) is 0 Å². The SMILES string of the molecule is CCC(C)(C)C(=O)OC(C(C)C)(C(C)C)C(C)C.CCC(C)(C)C(=O)OCc1ccccc1. The normalized spacial score (nSPS) is 12.5. The maximum atomic E-state index is 12.4. The van der Waals surface area contributed by atoms with Crippen LogP contribution >= 0.6 is 0 Å². The fraction of sp³-hybridized carbons (Fsp3) is 0.724. The largest absolute Gasteiger partial charge is 0.460 e. The molecule has 0 saturated heterocycles. The number of benzene rings is 1. The van der Waals surface area contributed by atoms with Crippen molar-refractivity contribution in [3.8, 4) is 0 Å². The number of hydrogen-bond donors (Lipinski definition) is 0. The topological polar surface area (TPSA) is 52.6 Å². The number of carbonyl (C=O) groups excluding carboxylic acids is 2. The van der Waals surface area contributed by atoms with E-state index in [1.807, 2.05) is 71.9 Å². The van der Waals surface area contributed by atoms with Gasteiger partial charge in [0, 0.05) is 0 Å². The molecule has 0 aliphatic rings. The van der Waals surface area contributed by atoms with Gasteiger partial charge in [0.1, 0.15) is 12.2 Å². The zero-order valence-electron chi connectivity index (χ0n) is 23.4. The lowest BCUT2D eigenvalue weighted by Crippen LogP contribution is -2.51. The van der Waals surface area contributed by atoms with Gasteiger partial charge in [-0.1, -0.05) is 85.7 Å². The van der Waals surface area contributed by atoms with Gasteiger partial charge in [-0.3, -0.25) is 9.59 Å². The van der Waals surface area contributed by atoms with E-state index in [0.717, 1.165) is 18.4 Å². The minimum absolute atomic E-state index is 0.0684. The zero-order chi connectivity index (χ0) is 26.0. The third-order valence-corrected chi connectivity index (χ3v) is 7.06. The Kier molecular flexibility index (Phi) is 12.4. The summed E-state index contributed by atoms with van der Waals surface area (Å²) in [4.78, 5) is 24.0. The minimum atomic E-state index is -0.399. The lowest BCUT2D eigenvalue weighted by molar-refractivity contribution is -0.191. The summed E-state index contributed by atoms with van der Waals surface area (Å²) in [6.07, 6.45) is 1.59. The van der Waals surface area contributed by atoms with E-state index in [9.17, 15) is 9.59 Å². The van der Waals surface area contributed by atoms with Crippen LogP contribution in [0.3, 0.4) is 0 Å². The summed E-state index contributed by atoms with van der Waals surface area (Å²) in [6, 6.07) is 9.72. The summed E-state index contributed by atoms with van der Waals surface area (Å²) in [5.41, 5.74) is -0.125. The maximum absolute atomic E-state index is 12.4. The first-order valence-electron chi connectivity index (χ1n) is 12.5. The van der Waals surface area contributed by atoms with E-state index in [2.05, 4.69) is 41.5 Å².